The number of nitrogen functional groups attached to an aromatic ring is 1. The molecule has 2 heterocycles. The van der Waals surface area contributed by atoms with Crippen LogP contribution in [0.15, 0.2) is 54.9 Å². The Hall–Kier alpha value is -4.14. The van der Waals surface area contributed by atoms with E-state index in [1.807, 2.05) is 22.8 Å². The number of nitrogens with two attached hydrogens (primary N) is 1. The van der Waals surface area contributed by atoms with E-state index in [4.69, 9.17) is 15.5 Å². The molecule has 1 amide bonds. The fourth-order valence-corrected chi connectivity index (χ4v) is 4.67. The molecule has 9 heteroatoms. The summed E-state index contributed by atoms with van der Waals surface area (Å²) in [4.78, 5) is 27.4. The molecule has 0 unspecified atom stereocenters. The highest BCUT2D eigenvalue weighted by atomic mass is 16.5. The first-order valence-electron chi connectivity index (χ1n) is 11.3. The number of imidazole rings is 1. The number of carbonyl (C=O) groups is 1. The second kappa shape index (κ2) is 8.66. The summed E-state index contributed by atoms with van der Waals surface area (Å²) in [6.45, 7) is 0. The van der Waals surface area contributed by atoms with Crippen molar-refractivity contribution >= 4 is 28.6 Å². The van der Waals surface area contributed by atoms with Crippen molar-refractivity contribution in [2.45, 2.75) is 37.6 Å². The molecule has 1 fully saturated rings. The van der Waals surface area contributed by atoms with Gasteiger partial charge in [0.25, 0.3) is 5.91 Å². The first kappa shape index (κ1) is 21.7. The molecule has 174 valence electrons. The summed E-state index contributed by atoms with van der Waals surface area (Å²) in [5, 5.41) is 13.0. The molecule has 34 heavy (non-hydrogen) atoms. The fraction of sp³-hybridized carbons (Fsp3) is 0.280. The molecule has 4 aromatic rings. The Balaban J connectivity index is 1.61. The summed E-state index contributed by atoms with van der Waals surface area (Å²) in [5.41, 5.74) is 7.60. The number of aromatic hydroxyl groups is 1. The number of nitrogens with zero attached hydrogens (tertiary/aromatic N) is 4. The molecule has 1 saturated carbocycles. The number of nitrogens with one attached hydrogen (secondary N) is 1. The van der Waals surface area contributed by atoms with E-state index in [9.17, 15) is 9.90 Å². The zero-order chi connectivity index (χ0) is 23.7. The largest absolute Gasteiger partial charge is 0.508 e. The fourth-order valence-electron chi connectivity index (χ4n) is 4.67. The number of aromatic nitrogens is 4. The Morgan fingerprint density at radius 3 is 2.68 bits per heavy atom. The SMILES string of the molecule is COc1cccc(NC(=O)C2(n3cnc4c(N)nc(-c5cccc(O)c5)nc43)CCCCC2)c1. The molecule has 9 nitrogen and oxygen atoms in total. The Labute approximate surface area is 196 Å². The van der Waals surface area contributed by atoms with Crippen molar-refractivity contribution in [3.8, 4) is 22.9 Å². The Morgan fingerprint density at radius 1 is 1.12 bits per heavy atom. The van der Waals surface area contributed by atoms with Gasteiger partial charge in [0.15, 0.2) is 17.3 Å². The molecule has 2 aromatic carbocycles. The number of carbonyl (C=O) groups excluding carboxylic acids is 1. The third-order valence-corrected chi connectivity index (χ3v) is 6.42. The highest BCUT2D eigenvalue weighted by molar-refractivity contribution is 5.98. The van der Waals surface area contributed by atoms with Gasteiger partial charge in [-0.3, -0.25) is 9.36 Å². The Bertz CT molecular complexity index is 1360. The van der Waals surface area contributed by atoms with Crippen LogP contribution in [0.25, 0.3) is 22.6 Å². The van der Waals surface area contributed by atoms with Crippen LogP contribution in [0.4, 0.5) is 11.5 Å². The van der Waals surface area contributed by atoms with Crippen LogP contribution in [0.3, 0.4) is 0 Å². The minimum Gasteiger partial charge on any atom is -0.508 e. The Morgan fingerprint density at radius 2 is 1.91 bits per heavy atom. The van der Waals surface area contributed by atoms with Crippen LogP contribution >= 0.6 is 0 Å². The number of phenols is 1. The maximum atomic E-state index is 13.8. The van der Waals surface area contributed by atoms with E-state index in [1.54, 1.807) is 43.8 Å². The van der Waals surface area contributed by atoms with Crippen LogP contribution in [0.5, 0.6) is 11.5 Å². The highest BCUT2D eigenvalue weighted by Gasteiger charge is 2.43. The summed E-state index contributed by atoms with van der Waals surface area (Å²) in [6.07, 6.45) is 5.82. The van der Waals surface area contributed by atoms with Gasteiger partial charge in [-0.05, 0) is 37.1 Å². The van der Waals surface area contributed by atoms with Crippen LogP contribution in [0.1, 0.15) is 32.1 Å². The summed E-state index contributed by atoms with van der Waals surface area (Å²) < 4.78 is 7.15. The van der Waals surface area contributed by atoms with Crippen LogP contribution in [-0.2, 0) is 10.3 Å². The minimum absolute atomic E-state index is 0.106. The van der Waals surface area contributed by atoms with Gasteiger partial charge in [-0.25, -0.2) is 15.0 Å². The number of hydrogen-bond acceptors (Lipinski definition) is 7. The van der Waals surface area contributed by atoms with Crippen molar-refractivity contribution in [3.63, 3.8) is 0 Å². The number of anilines is 2. The van der Waals surface area contributed by atoms with E-state index in [2.05, 4.69) is 15.3 Å². The number of rotatable bonds is 5. The summed E-state index contributed by atoms with van der Waals surface area (Å²) in [6, 6.07) is 14.0. The van der Waals surface area contributed by atoms with Gasteiger partial charge in [0.2, 0.25) is 0 Å². The van der Waals surface area contributed by atoms with E-state index in [0.717, 1.165) is 19.3 Å². The van der Waals surface area contributed by atoms with Gasteiger partial charge < -0.3 is 20.9 Å². The zero-order valence-corrected chi connectivity index (χ0v) is 18.9. The van der Waals surface area contributed by atoms with Gasteiger partial charge >= 0.3 is 0 Å². The molecule has 0 saturated heterocycles. The molecular formula is C25H26N6O3. The normalized spacial score (nSPS) is 15.2. The molecule has 0 bridgehead atoms. The van der Waals surface area contributed by atoms with Crippen LogP contribution in [-0.4, -0.2) is 37.6 Å². The van der Waals surface area contributed by atoms with Gasteiger partial charge in [-0.2, -0.15) is 0 Å². The number of benzene rings is 2. The zero-order valence-electron chi connectivity index (χ0n) is 18.9. The van der Waals surface area contributed by atoms with Crippen molar-refractivity contribution in [1.29, 1.82) is 0 Å². The molecule has 1 aliphatic carbocycles. The van der Waals surface area contributed by atoms with Gasteiger partial charge in [0, 0.05) is 17.3 Å². The predicted octanol–water partition coefficient (Wildman–Crippen LogP) is 4.09. The van der Waals surface area contributed by atoms with E-state index in [1.165, 1.54) is 0 Å². The number of amides is 1. The lowest BCUT2D eigenvalue weighted by Gasteiger charge is -2.37. The van der Waals surface area contributed by atoms with Gasteiger partial charge in [0.1, 0.15) is 22.6 Å². The van der Waals surface area contributed by atoms with Crippen molar-refractivity contribution in [2.24, 2.45) is 0 Å². The summed E-state index contributed by atoms with van der Waals surface area (Å²) >= 11 is 0. The van der Waals surface area contributed by atoms with Crippen molar-refractivity contribution in [3.05, 3.63) is 54.9 Å². The van der Waals surface area contributed by atoms with Crippen LogP contribution < -0.4 is 15.8 Å². The Kier molecular flexibility index (Phi) is 5.53. The summed E-state index contributed by atoms with van der Waals surface area (Å²) in [7, 11) is 1.59. The molecule has 0 aliphatic heterocycles. The van der Waals surface area contributed by atoms with E-state index in [0.29, 0.717) is 46.8 Å². The molecular weight excluding hydrogens is 432 g/mol. The quantitative estimate of drug-likeness (QED) is 0.411. The molecule has 0 atom stereocenters. The molecule has 1 aliphatic rings. The number of phenolic OH excluding ortho intramolecular Hbond substituents is 1. The lowest BCUT2D eigenvalue weighted by Crippen LogP contribution is -2.46. The number of ether oxygens (including phenoxy) is 1. The van der Waals surface area contributed by atoms with Crippen LogP contribution in [0.2, 0.25) is 0 Å². The van der Waals surface area contributed by atoms with Crippen molar-refractivity contribution in [2.75, 3.05) is 18.2 Å². The van der Waals surface area contributed by atoms with Gasteiger partial charge in [-0.1, -0.05) is 37.5 Å². The standard InChI is InChI=1S/C25H26N6O3/c1-34-19-10-6-8-17(14-19)28-24(33)25(11-3-2-4-12-25)31-15-27-20-21(26)29-22(30-23(20)31)16-7-5-9-18(32)13-16/h5-10,13-15,32H,2-4,11-12H2,1H3,(H,28,33)(H2,26,29,30). The molecule has 2 aromatic heterocycles. The second-order valence-electron chi connectivity index (χ2n) is 8.55. The average molecular weight is 459 g/mol. The number of hydrogen-bond donors (Lipinski definition) is 3. The molecule has 4 N–H and O–H groups in total. The van der Waals surface area contributed by atoms with Gasteiger partial charge in [-0.15, -0.1) is 0 Å². The maximum Gasteiger partial charge on any atom is 0.250 e. The number of fused-ring (bicyclic) bond motifs is 1. The summed E-state index contributed by atoms with van der Waals surface area (Å²) in [5.74, 6) is 1.23. The lowest BCUT2D eigenvalue weighted by atomic mass is 9.80. The third kappa shape index (κ3) is 3.79. The third-order valence-electron chi connectivity index (χ3n) is 6.42. The minimum atomic E-state index is -0.868. The first-order chi connectivity index (χ1) is 16.5. The molecule has 0 spiro atoms. The predicted molar refractivity (Wildman–Crippen MR) is 130 cm³/mol. The molecule has 0 radical (unpaired) electrons. The van der Waals surface area contributed by atoms with E-state index >= 15 is 0 Å². The maximum absolute atomic E-state index is 13.8. The van der Waals surface area contributed by atoms with Crippen molar-refractivity contribution < 1.29 is 14.6 Å². The smallest absolute Gasteiger partial charge is 0.250 e. The topological polar surface area (TPSA) is 128 Å². The lowest BCUT2D eigenvalue weighted by molar-refractivity contribution is -0.126. The number of methoxy groups -OCH3 is 1. The monoisotopic (exact) mass is 458 g/mol. The average Bonchev–Trinajstić information content (AvgIpc) is 3.30. The van der Waals surface area contributed by atoms with E-state index in [-0.39, 0.29) is 17.5 Å². The van der Waals surface area contributed by atoms with E-state index < -0.39 is 5.54 Å². The van der Waals surface area contributed by atoms with Gasteiger partial charge in [0.05, 0.1) is 13.4 Å². The molecule has 5 rings (SSSR count). The highest BCUT2D eigenvalue weighted by Crippen LogP contribution is 2.39. The second-order valence-corrected chi connectivity index (χ2v) is 8.55. The first-order valence-corrected chi connectivity index (χ1v) is 11.3. The van der Waals surface area contributed by atoms with Crippen molar-refractivity contribution in [1.82, 2.24) is 19.5 Å². The van der Waals surface area contributed by atoms with Crippen LogP contribution in [0, 0.1) is 0 Å².